The maximum atomic E-state index is 12.2. The number of rotatable bonds is 4. The Hall–Kier alpha value is -2.18. The summed E-state index contributed by atoms with van der Waals surface area (Å²) in [6.07, 6.45) is 3.11. The SMILES string of the molecule is CCOC(=O)C1(C)CCN(c2ccc3nnc(C4CC4)n3n2)C1. The third-order valence-corrected chi connectivity index (χ3v) is 4.78. The van der Waals surface area contributed by atoms with E-state index in [2.05, 4.69) is 15.1 Å². The molecule has 7 heteroatoms. The molecule has 1 unspecified atom stereocenters. The summed E-state index contributed by atoms with van der Waals surface area (Å²) in [6.45, 7) is 5.66. The number of anilines is 1. The van der Waals surface area contributed by atoms with Gasteiger partial charge >= 0.3 is 5.97 Å². The number of esters is 1. The monoisotopic (exact) mass is 315 g/mol. The van der Waals surface area contributed by atoms with Crippen LogP contribution in [0.15, 0.2) is 12.1 Å². The van der Waals surface area contributed by atoms with E-state index in [4.69, 9.17) is 9.84 Å². The Morgan fingerprint density at radius 3 is 2.96 bits per heavy atom. The van der Waals surface area contributed by atoms with Crippen molar-refractivity contribution in [1.29, 1.82) is 0 Å². The second kappa shape index (κ2) is 5.18. The van der Waals surface area contributed by atoms with Gasteiger partial charge in [0.05, 0.1) is 12.0 Å². The number of aromatic nitrogens is 4. The smallest absolute Gasteiger partial charge is 0.313 e. The zero-order valence-corrected chi connectivity index (χ0v) is 13.5. The molecule has 1 saturated heterocycles. The maximum absolute atomic E-state index is 12.2. The van der Waals surface area contributed by atoms with E-state index in [0.717, 1.165) is 43.1 Å². The number of nitrogens with zero attached hydrogens (tertiary/aromatic N) is 5. The zero-order valence-electron chi connectivity index (χ0n) is 13.5. The van der Waals surface area contributed by atoms with E-state index in [9.17, 15) is 4.79 Å². The summed E-state index contributed by atoms with van der Waals surface area (Å²) in [6, 6.07) is 3.90. The second-order valence-corrected chi connectivity index (χ2v) is 6.75. The highest BCUT2D eigenvalue weighted by molar-refractivity contribution is 5.78. The summed E-state index contributed by atoms with van der Waals surface area (Å²) in [4.78, 5) is 14.3. The number of fused-ring (bicyclic) bond motifs is 1. The van der Waals surface area contributed by atoms with Gasteiger partial charge in [-0.2, -0.15) is 4.52 Å². The van der Waals surface area contributed by atoms with Gasteiger partial charge in [-0.15, -0.1) is 15.3 Å². The summed E-state index contributed by atoms with van der Waals surface area (Å²) < 4.78 is 7.07. The number of carbonyl (C=O) groups excluding carboxylic acids is 1. The molecule has 1 aliphatic heterocycles. The van der Waals surface area contributed by atoms with Gasteiger partial charge in [-0.25, -0.2) is 0 Å². The molecule has 7 nitrogen and oxygen atoms in total. The van der Waals surface area contributed by atoms with Crippen LogP contribution in [0.5, 0.6) is 0 Å². The van der Waals surface area contributed by atoms with Crippen molar-refractivity contribution in [3.8, 4) is 0 Å². The molecule has 1 saturated carbocycles. The van der Waals surface area contributed by atoms with Crippen LogP contribution in [0.2, 0.25) is 0 Å². The molecule has 2 aliphatic rings. The summed E-state index contributed by atoms with van der Waals surface area (Å²) >= 11 is 0. The average Bonchev–Trinajstić information content (AvgIpc) is 3.17. The highest BCUT2D eigenvalue weighted by Gasteiger charge is 2.42. The van der Waals surface area contributed by atoms with Gasteiger partial charge in [-0.1, -0.05) is 0 Å². The Morgan fingerprint density at radius 1 is 1.39 bits per heavy atom. The van der Waals surface area contributed by atoms with Crippen molar-refractivity contribution in [2.24, 2.45) is 5.41 Å². The van der Waals surface area contributed by atoms with E-state index in [0.29, 0.717) is 19.1 Å². The summed E-state index contributed by atoms with van der Waals surface area (Å²) in [5, 5.41) is 13.2. The van der Waals surface area contributed by atoms with Gasteiger partial charge in [0, 0.05) is 19.0 Å². The summed E-state index contributed by atoms with van der Waals surface area (Å²) in [5.74, 6) is 2.20. The van der Waals surface area contributed by atoms with E-state index in [1.54, 1.807) is 0 Å². The van der Waals surface area contributed by atoms with Crippen LogP contribution in [0.1, 0.15) is 44.9 Å². The molecule has 1 aliphatic carbocycles. The fourth-order valence-electron chi connectivity index (χ4n) is 3.19. The molecule has 0 amide bonds. The van der Waals surface area contributed by atoms with Crippen LogP contribution < -0.4 is 4.90 Å². The fraction of sp³-hybridized carbons (Fsp3) is 0.625. The first kappa shape index (κ1) is 14.4. The Morgan fingerprint density at radius 2 is 2.22 bits per heavy atom. The number of ether oxygens (including phenoxy) is 1. The van der Waals surface area contributed by atoms with Crippen LogP contribution in [-0.2, 0) is 9.53 Å². The minimum Gasteiger partial charge on any atom is -0.466 e. The fourth-order valence-corrected chi connectivity index (χ4v) is 3.19. The average molecular weight is 315 g/mol. The third-order valence-electron chi connectivity index (χ3n) is 4.78. The van der Waals surface area contributed by atoms with Crippen LogP contribution in [0, 0.1) is 5.41 Å². The maximum Gasteiger partial charge on any atom is 0.313 e. The Kier molecular flexibility index (Phi) is 3.25. The third kappa shape index (κ3) is 2.44. The first-order chi connectivity index (χ1) is 11.1. The number of hydrogen-bond acceptors (Lipinski definition) is 6. The molecule has 2 aromatic heterocycles. The molecular weight excluding hydrogens is 294 g/mol. The van der Waals surface area contributed by atoms with E-state index < -0.39 is 5.41 Å². The predicted molar refractivity (Wildman–Crippen MR) is 84.3 cm³/mol. The molecule has 2 aromatic rings. The normalized spacial score (nSPS) is 24.3. The van der Waals surface area contributed by atoms with E-state index >= 15 is 0 Å². The minimum absolute atomic E-state index is 0.119. The first-order valence-electron chi connectivity index (χ1n) is 8.25. The van der Waals surface area contributed by atoms with Gasteiger partial charge < -0.3 is 9.64 Å². The lowest BCUT2D eigenvalue weighted by molar-refractivity contribution is -0.153. The van der Waals surface area contributed by atoms with Gasteiger partial charge in [0.15, 0.2) is 11.5 Å². The molecule has 0 spiro atoms. The van der Waals surface area contributed by atoms with E-state index in [-0.39, 0.29) is 5.97 Å². The quantitative estimate of drug-likeness (QED) is 0.801. The molecule has 23 heavy (non-hydrogen) atoms. The molecule has 122 valence electrons. The van der Waals surface area contributed by atoms with E-state index in [1.807, 2.05) is 30.5 Å². The molecule has 0 N–H and O–H groups in total. The standard InChI is InChI=1S/C16H21N5O2/c1-3-23-15(22)16(2)8-9-20(10-16)13-7-6-12-17-18-14(11-4-5-11)21(12)19-13/h6-7,11H,3-5,8-10H2,1-2H3. The van der Waals surface area contributed by atoms with Gasteiger partial charge in [0.25, 0.3) is 0 Å². The zero-order chi connectivity index (χ0) is 16.0. The molecule has 0 bridgehead atoms. The van der Waals surface area contributed by atoms with Gasteiger partial charge in [0.2, 0.25) is 0 Å². The number of carbonyl (C=O) groups is 1. The minimum atomic E-state index is -0.459. The topological polar surface area (TPSA) is 72.6 Å². The van der Waals surface area contributed by atoms with Crippen molar-refractivity contribution < 1.29 is 9.53 Å². The van der Waals surface area contributed by atoms with Gasteiger partial charge in [-0.3, -0.25) is 4.79 Å². The molecule has 3 heterocycles. The number of hydrogen-bond donors (Lipinski definition) is 0. The van der Waals surface area contributed by atoms with E-state index in [1.165, 1.54) is 0 Å². The van der Waals surface area contributed by atoms with Crippen LogP contribution in [-0.4, -0.2) is 45.5 Å². The van der Waals surface area contributed by atoms with Crippen LogP contribution in [0.25, 0.3) is 5.65 Å². The van der Waals surface area contributed by atoms with Gasteiger partial charge in [-0.05, 0) is 45.2 Å². The van der Waals surface area contributed by atoms with Crippen LogP contribution >= 0.6 is 0 Å². The Balaban J connectivity index is 1.60. The van der Waals surface area contributed by atoms with Crippen LogP contribution in [0.4, 0.5) is 5.82 Å². The van der Waals surface area contributed by atoms with Crippen molar-refractivity contribution in [1.82, 2.24) is 19.8 Å². The van der Waals surface area contributed by atoms with Crippen molar-refractivity contribution in [2.75, 3.05) is 24.6 Å². The van der Waals surface area contributed by atoms with Crippen molar-refractivity contribution in [3.63, 3.8) is 0 Å². The largest absolute Gasteiger partial charge is 0.466 e. The molecule has 1 atom stereocenters. The lowest BCUT2D eigenvalue weighted by Gasteiger charge is -2.22. The van der Waals surface area contributed by atoms with Crippen LogP contribution in [0.3, 0.4) is 0 Å². The lowest BCUT2D eigenvalue weighted by Crippen LogP contribution is -2.34. The van der Waals surface area contributed by atoms with Crippen molar-refractivity contribution in [3.05, 3.63) is 18.0 Å². The summed E-state index contributed by atoms with van der Waals surface area (Å²) in [7, 11) is 0. The van der Waals surface area contributed by atoms with Crippen molar-refractivity contribution >= 4 is 17.4 Å². The van der Waals surface area contributed by atoms with Gasteiger partial charge in [0.1, 0.15) is 5.82 Å². The molecule has 2 fully saturated rings. The van der Waals surface area contributed by atoms with Crippen molar-refractivity contribution in [2.45, 2.75) is 39.0 Å². The highest BCUT2D eigenvalue weighted by Crippen LogP contribution is 2.39. The molecule has 4 rings (SSSR count). The Bertz CT molecular complexity index is 754. The molecular formula is C16H21N5O2. The Labute approximate surface area is 134 Å². The molecule has 0 aromatic carbocycles. The highest BCUT2D eigenvalue weighted by atomic mass is 16.5. The predicted octanol–water partition coefficient (Wildman–Crippen LogP) is 1.78. The molecule has 0 radical (unpaired) electrons. The lowest BCUT2D eigenvalue weighted by atomic mass is 9.90. The summed E-state index contributed by atoms with van der Waals surface area (Å²) in [5.41, 5.74) is 0.321. The second-order valence-electron chi connectivity index (χ2n) is 6.75. The first-order valence-corrected chi connectivity index (χ1v) is 8.25.